The monoisotopic (exact) mass is 475 g/mol. The van der Waals surface area contributed by atoms with Gasteiger partial charge in [-0.3, -0.25) is 33.4 Å². The lowest BCUT2D eigenvalue weighted by molar-refractivity contribution is -0.197. The summed E-state index contributed by atoms with van der Waals surface area (Å²) in [4.78, 5) is 77.4. The van der Waals surface area contributed by atoms with Crippen LogP contribution in [0, 0.1) is 0 Å². The number of ether oxygens (including phenoxy) is 1. The first-order valence-electron chi connectivity index (χ1n) is 9.38. The van der Waals surface area contributed by atoms with Crippen molar-refractivity contribution in [2.24, 2.45) is 0 Å². The standard InChI is InChI=1S/C17H21N3O11S/c21-12-1-2-13(22)19(12)11-16(25)18(7-8-30-9-10-32(27,28)29)6-5-17(26)31-20-14(23)3-4-15(20)24/h1-2H,3-11H2,(H,27,28,29). The molecule has 0 atom stereocenters. The molecule has 5 amide bonds. The maximum absolute atomic E-state index is 12.6. The van der Waals surface area contributed by atoms with Crippen molar-refractivity contribution in [1.29, 1.82) is 0 Å². The lowest BCUT2D eigenvalue weighted by Gasteiger charge is -2.24. The molecule has 0 aromatic heterocycles. The van der Waals surface area contributed by atoms with Crippen molar-refractivity contribution in [2.75, 3.05) is 38.6 Å². The Kier molecular flexibility index (Phi) is 8.56. The number of carbonyl (C=O) groups excluding carboxylic acids is 6. The third-order valence-electron chi connectivity index (χ3n) is 4.32. The summed E-state index contributed by atoms with van der Waals surface area (Å²) in [5, 5.41) is 0.361. The van der Waals surface area contributed by atoms with Crippen LogP contribution in [0.25, 0.3) is 0 Å². The molecule has 2 rings (SSSR count). The fraction of sp³-hybridized carbons (Fsp3) is 0.529. The summed E-state index contributed by atoms with van der Waals surface area (Å²) in [6.07, 6.45) is 1.42. The number of rotatable bonds is 12. The molecule has 0 bridgehead atoms. The Labute approximate surface area is 182 Å². The fourth-order valence-electron chi connectivity index (χ4n) is 2.66. The number of amides is 5. The van der Waals surface area contributed by atoms with Crippen LogP contribution >= 0.6 is 0 Å². The molecule has 14 nitrogen and oxygen atoms in total. The van der Waals surface area contributed by atoms with Gasteiger partial charge in [-0.1, -0.05) is 0 Å². The minimum absolute atomic E-state index is 0.0798. The van der Waals surface area contributed by atoms with Gasteiger partial charge in [0.2, 0.25) is 5.91 Å². The van der Waals surface area contributed by atoms with Crippen LogP contribution in [0.15, 0.2) is 12.2 Å². The van der Waals surface area contributed by atoms with Gasteiger partial charge in [-0.15, -0.1) is 5.06 Å². The number of hydrogen-bond donors (Lipinski definition) is 1. The molecular formula is C17H21N3O11S. The van der Waals surface area contributed by atoms with E-state index in [0.717, 1.165) is 17.1 Å². The Morgan fingerprint density at radius 1 is 1.00 bits per heavy atom. The second-order valence-electron chi connectivity index (χ2n) is 6.67. The summed E-state index contributed by atoms with van der Waals surface area (Å²) >= 11 is 0. The number of imide groups is 2. The first-order chi connectivity index (χ1) is 15.0. The molecule has 32 heavy (non-hydrogen) atoms. The van der Waals surface area contributed by atoms with Crippen molar-refractivity contribution >= 4 is 45.6 Å². The van der Waals surface area contributed by atoms with Gasteiger partial charge < -0.3 is 14.5 Å². The Balaban J connectivity index is 1.91. The highest BCUT2D eigenvalue weighted by atomic mass is 32.2. The Bertz CT molecular complexity index is 909. The number of nitrogens with zero attached hydrogens (tertiary/aromatic N) is 3. The zero-order chi connectivity index (χ0) is 23.9. The Morgan fingerprint density at radius 2 is 1.59 bits per heavy atom. The molecule has 0 unspecified atom stereocenters. The number of hydrogen-bond acceptors (Lipinski definition) is 10. The van der Waals surface area contributed by atoms with Crippen LogP contribution in [0.3, 0.4) is 0 Å². The molecule has 0 spiro atoms. The number of hydroxylamine groups is 2. The number of carbonyl (C=O) groups is 6. The van der Waals surface area contributed by atoms with Gasteiger partial charge in [-0.2, -0.15) is 8.42 Å². The second kappa shape index (κ2) is 10.9. The van der Waals surface area contributed by atoms with Crippen molar-refractivity contribution in [1.82, 2.24) is 14.9 Å². The highest BCUT2D eigenvalue weighted by Crippen LogP contribution is 2.13. The molecule has 0 aliphatic carbocycles. The van der Waals surface area contributed by atoms with E-state index in [1.54, 1.807) is 0 Å². The summed E-state index contributed by atoms with van der Waals surface area (Å²) in [6.45, 7) is -1.55. The third kappa shape index (κ3) is 7.51. The lowest BCUT2D eigenvalue weighted by Crippen LogP contribution is -2.45. The lowest BCUT2D eigenvalue weighted by atomic mass is 10.3. The predicted molar refractivity (Wildman–Crippen MR) is 101 cm³/mol. The van der Waals surface area contributed by atoms with E-state index < -0.39 is 64.3 Å². The maximum Gasteiger partial charge on any atom is 0.334 e. The van der Waals surface area contributed by atoms with Gasteiger partial charge in [-0.25, -0.2) is 4.79 Å². The van der Waals surface area contributed by atoms with E-state index in [1.807, 2.05) is 0 Å². The van der Waals surface area contributed by atoms with Crippen LogP contribution < -0.4 is 0 Å². The molecular weight excluding hydrogens is 454 g/mol. The van der Waals surface area contributed by atoms with Gasteiger partial charge in [0.05, 0.1) is 25.4 Å². The van der Waals surface area contributed by atoms with E-state index in [9.17, 15) is 37.2 Å². The molecule has 15 heteroatoms. The quantitative estimate of drug-likeness (QED) is 0.181. The summed E-state index contributed by atoms with van der Waals surface area (Å²) in [5.74, 6) is -5.03. The van der Waals surface area contributed by atoms with Crippen LogP contribution in [-0.4, -0.2) is 102 Å². The van der Waals surface area contributed by atoms with Crippen molar-refractivity contribution in [3.8, 4) is 0 Å². The second-order valence-corrected chi connectivity index (χ2v) is 8.24. The van der Waals surface area contributed by atoms with E-state index in [4.69, 9.17) is 14.1 Å². The van der Waals surface area contributed by atoms with E-state index in [0.29, 0.717) is 9.96 Å². The van der Waals surface area contributed by atoms with Gasteiger partial charge in [0.1, 0.15) is 6.54 Å². The van der Waals surface area contributed by atoms with Crippen LogP contribution in [0.2, 0.25) is 0 Å². The molecule has 2 aliphatic heterocycles. The summed E-state index contributed by atoms with van der Waals surface area (Å²) < 4.78 is 35.1. The van der Waals surface area contributed by atoms with Gasteiger partial charge in [0.15, 0.2) is 0 Å². The van der Waals surface area contributed by atoms with E-state index in [2.05, 4.69) is 0 Å². The van der Waals surface area contributed by atoms with Crippen LogP contribution in [0.1, 0.15) is 19.3 Å². The minimum Gasteiger partial charge on any atom is -0.378 e. The van der Waals surface area contributed by atoms with E-state index in [1.165, 1.54) is 0 Å². The van der Waals surface area contributed by atoms with Crippen LogP contribution in [-0.2, 0) is 48.5 Å². The van der Waals surface area contributed by atoms with Crippen molar-refractivity contribution in [3.63, 3.8) is 0 Å². The first-order valence-corrected chi connectivity index (χ1v) is 11.0. The first kappa shape index (κ1) is 25.1. The van der Waals surface area contributed by atoms with E-state index >= 15 is 0 Å². The topological polar surface area (TPSA) is 185 Å². The molecule has 2 heterocycles. The summed E-state index contributed by atoms with van der Waals surface area (Å²) in [6, 6.07) is 0. The maximum atomic E-state index is 12.6. The van der Waals surface area contributed by atoms with Gasteiger partial charge in [0.25, 0.3) is 33.7 Å². The highest BCUT2D eigenvalue weighted by molar-refractivity contribution is 7.85. The molecule has 2 aliphatic rings. The molecule has 0 aromatic carbocycles. The Hall–Kier alpha value is -3.17. The molecule has 0 saturated carbocycles. The summed E-state index contributed by atoms with van der Waals surface area (Å²) in [7, 11) is -4.23. The van der Waals surface area contributed by atoms with Crippen molar-refractivity contribution in [3.05, 3.63) is 12.2 Å². The highest BCUT2D eigenvalue weighted by Gasteiger charge is 2.33. The summed E-state index contributed by atoms with van der Waals surface area (Å²) in [5.41, 5.74) is 0. The van der Waals surface area contributed by atoms with Crippen molar-refractivity contribution < 1.29 is 51.3 Å². The molecule has 1 fully saturated rings. The SMILES string of the molecule is O=C(CCN(CCOCCS(=O)(=O)O)C(=O)CN1C(=O)C=CC1=O)ON1C(=O)CCC1=O. The predicted octanol–water partition coefficient (Wildman–Crippen LogP) is -2.36. The van der Waals surface area contributed by atoms with Gasteiger partial charge in [-0.05, 0) is 0 Å². The molecule has 1 N–H and O–H groups in total. The van der Waals surface area contributed by atoms with Gasteiger partial charge >= 0.3 is 5.97 Å². The zero-order valence-corrected chi connectivity index (χ0v) is 17.6. The largest absolute Gasteiger partial charge is 0.378 e. The molecule has 0 aromatic rings. The van der Waals surface area contributed by atoms with Crippen LogP contribution in [0.5, 0.6) is 0 Å². The molecule has 0 radical (unpaired) electrons. The van der Waals surface area contributed by atoms with Gasteiger partial charge in [0, 0.05) is 38.1 Å². The molecule has 176 valence electrons. The minimum atomic E-state index is -4.23. The van der Waals surface area contributed by atoms with Crippen LogP contribution in [0.4, 0.5) is 0 Å². The molecule has 1 saturated heterocycles. The fourth-order valence-corrected chi connectivity index (χ4v) is 2.98. The zero-order valence-electron chi connectivity index (χ0n) is 16.8. The Morgan fingerprint density at radius 3 is 2.16 bits per heavy atom. The van der Waals surface area contributed by atoms with E-state index in [-0.39, 0.29) is 39.1 Å². The third-order valence-corrected chi connectivity index (χ3v) is 5.01. The average Bonchev–Trinajstić information content (AvgIpc) is 3.19. The van der Waals surface area contributed by atoms with Crippen molar-refractivity contribution in [2.45, 2.75) is 19.3 Å². The average molecular weight is 475 g/mol. The smallest absolute Gasteiger partial charge is 0.334 e. The normalized spacial score (nSPS) is 16.3.